The van der Waals surface area contributed by atoms with Crippen LogP contribution in [0, 0.1) is 0 Å². The fourth-order valence-corrected chi connectivity index (χ4v) is 3.31. The molecule has 2 atom stereocenters. The van der Waals surface area contributed by atoms with Crippen molar-refractivity contribution >= 4 is 17.8 Å². The third-order valence-electron chi connectivity index (χ3n) is 4.52. The summed E-state index contributed by atoms with van der Waals surface area (Å²) in [7, 11) is 0. The number of rotatable bonds is 4. The van der Waals surface area contributed by atoms with Gasteiger partial charge in [-0.1, -0.05) is 60.7 Å². The lowest BCUT2D eigenvalue weighted by atomic mass is 9.99. The highest BCUT2D eigenvalue weighted by Gasteiger charge is 2.28. The van der Waals surface area contributed by atoms with Gasteiger partial charge in [-0.2, -0.15) is 4.98 Å². The normalized spacial score (nSPS) is 18.7. The van der Waals surface area contributed by atoms with Crippen LogP contribution >= 0.6 is 0 Å². The van der Waals surface area contributed by atoms with Crippen LogP contribution in [0.1, 0.15) is 30.5 Å². The Labute approximate surface area is 152 Å². The molecule has 1 amide bonds. The largest absolute Gasteiger partial charge is 0.352 e. The number of amides is 1. The highest BCUT2D eigenvalue weighted by atomic mass is 16.1. The number of anilines is 2. The molecule has 6 heteroatoms. The zero-order chi connectivity index (χ0) is 17.9. The van der Waals surface area contributed by atoms with Gasteiger partial charge in [0.05, 0.1) is 12.5 Å². The second-order valence-corrected chi connectivity index (χ2v) is 6.62. The number of fused-ring (bicyclic) bond motifs is 1. The van der Waals surface area contributed by atoms with Gasteiger partial charge < -0.3 is 5.32 Å². The molecule has 1 aromatic heterocycles. The third-order valence-corrected chi connectivity index (χ3v) is 4.52. The first kappa shape index (κ1) is 16.3. The SMILES string of the molecule is C[C@@H]1C[C@@H](c2ccccc2)n2nc(NC(=O)Cc3ccccc3)nc2N1. The van der Waals surface area contributed by atoms with Crippen LogP contribution in [0.4, 0.5) is 11.9 Å². The van der Waals surface area contributed by atoms with Gasteiger partial charge in [-0.3, -0.25) is 10.1 Å². The van der Waals surface area contributed by atoms with E-state index >= 15 is 0 Å². The van der Waals surface area contributed by atoms with E-state index in [2.05, 4.69) is 39.8 Å². The molecule has 0 radical (unpaired) electrons. The van der Waals surface area contributed by atoms with Gasteiger partial charge in [0.15, 0.2) is 0 Å². The Morgan fingerprint density at radius 2 is 1.85 bits per heavy atom. The molecule has 4 rings (SSSR count). The van der Waals surface area contributed by atoms with E-state index in [1.54, 1.807) is 0 Å². The summed E-state index contributed by atoms with van der Waals surface area (Å²) in [5.74, 6) is 0.902. The minimum absolute atomic E-state index is 0.106. The maximum absolute atomic E-state index is 12.3. The number of benzene rings is 2. The van der Waals surface area contributed by atoms with Crippen molar-refractivity contribution in [1.82, 2.24) is 14.8 Å². The predicted octanol–water partition coefficient (Wildman–Crippen LogP) is 3.25. The number of nitrogens with zero attached hydrogens (tertiary/aromatic N) is 3. The molecular formula is C20H21N5O. The fraction of sp³-hybridized carbons (Fsp3) is 0.250. The highest BCUT2D eigenvalue weighted by Crippen LogP contribution is 2.31. The molecule has 6 nitrogen and oxygen atoms in total. The smallest absolute Gasteiger partial charge is 0.250 e. The molecule has 0 fully saturated rings. The first-order valence-electron chi connectivity index (χ1n) is 8.81. The summed E-state index contributed by atoms with van der Waals surface area (Å²) in [6, 6.07) is 20.3. The van der Waals surface area contributed by atoms with Crippen LogP contribution in [0.5, 0.6) is 0 Å². The van der Waals surface area contributed by atoms with E-state index in [4.69, 9.17) is 0 Å². The predicted molar refractivity (Wildman–Crippen MR) is 101 cm³/mol. The number of hydrogen-bond acceptors (Lipinski definition) is 4. The zero-order valence-corrected chi connectivity index (χ0v) is 14.6. The summed E-state index contributed by atoms with van der Waals surface area (Å²) < 4.78 is 1.87. The second-order valence-electron chi connectivity index (χ2n) is 6.62. The Balaban J connectivity index is 1.54. The molecule has 0 unspecified atom stereocenters. The molecule has 0 saturated heterocycles. The Morgan fingerprint density at radius 3 is 2.58 bits per heavy atom. The van der Waals surface area contributed by atoms with E-state index in [0.717, 1.165) is 12.0 Å². The van der Waals surface area contributed by atoms with Crippen LogP contribution in [0.25, 0.3) is 0 Å². The molecule has 3 aromatic rings. The Morgan fingerprint density at radius 1 is 1.15 bits per heavy atom. The van der Waals surface area contributed by atoms with Crippen molar-refractivity contribution in [3.63, 3.8) is 0 Å². The first-order chi connectivity index (χ1) is 12.7. The van der Waals surface area contributed by atoms with Crippen LogP contribution in [0.15, 0.2) is 60.7 Å². The molecule has 0 saturated carbocycles. The lowest BCUT2D eigenvalue weighted by Gasteiger charge is -2.29. The molecule has 0 aliphatic carbocycles. The van der Waals surface area contributed by atoms with Crippen LogP contribution in [0.3, 0.4) is 0 Å². The van der Waals surface area contributed by atoms with Crippen molar-refractivity contribution in [2.24, 2.45) is 0 Å². The molecule has 2 aromatic carbocycles. The van der Waals surface area contributed by atoms with Crippen molar-refractivity contribution in [2.75, 3.05) is 10.6 Å². The van der Waals surface area contributed by atoms with Crippen molar-refractivity contribution in [3.8, 4) is 0 Å². The van der Waals surface area contributed by atoms with Crippen LogP contribution in [0.2, 0.25) is 0 Å². The van der Waals surface area contributed by atoms with E-state index < -0.39 is 0 Å². The highest BCUT2D eigenvalue weighted by molar-refractivity contribution is 5.90. The Bertz CT molecular complexity index is 891. The van der Waals surface area contributed by atoms with Crippen LogP contribution < -0.4 is 10.6 Å². The van der Waals surface area contributed by atoms with E-state index in [-0.39, 0.29) is 18.0 Å². The zero-order valence-electron chi connectivity index (χ0n) is 14.6. The van der Waals surface area contributed by atoms with Crippen molar-refractivity contribution in [3.05, 3.63) is 71.8 Å². The van der Waals surface area contributed by atoms with Gasteiger partial charge in [0.1, 0.15) is 0 Å². The number of aromatic nitrogens is 3. The molecule has 132 valence electrons. The van der Waals surface area contributed by atoms with Gasteiger partial charge in [-0.15, -0.1) is 5.10 Å². The lowest BCUT2D eigenvalue weighted by molar-refractivity contribution is -0.115. The molecule has 1 aliphatic rings. The van der Waals surface area contributed by atoms with Gasteiger partial charge in [0.25, 0.3) is 5.95 Å². The molecule has 26 heavy (non-hydrogen) atoms. The topological polar surface area (TPSA) is 71.8 Å². The average molecular weight is 347 g/mol. The second kappa shape index (κ2) is 7.00. The van der Waals surface area contributed by atoms with E-state index in [1.807, 2.05) is 53.2 Å². The number of nitrogens with one attached hydrogen (secondary N) is 2. The van der Waals surface area contributed by atoms with E-state index in [9.17, 15) is 4.79 Å². The monoisotopic (exact) mass is 347 g/mol. The lowest BCUT2D eigenvalue weighted by Crippen LogP contribution is -2.31. The Hall–Kier alpha value is -3.15. The van der Waals surface area contributed by atoms with Crippen molar-refractivity contribution in [1.29, 1.82) is 0 Å². The minimum Gasteiger partial charge on any atom is -0.352 e. The summed E-state index contributed by atoms with van der Waals surface area (Å²) in [6.45, 7) is 2.13. The summed E-state index contributed by atoms with van der Waals surface area (Å²) in [5, 5.41) is 10.7. The summed E-state index contributed by atoms with van der Waals surface area (Å²) in [5.41, 5.74) is 2.15. The molecule has 0 spiro atoms. The van der Waals surface area contributed by atoms with Crippen LogP contribution in [-0.2, 0) is 11.2 Å². The van der Waals surface area contributed by atoms with Gasteiger partial charge in [-0.25, -0.2) is 4.68 Å². The maximum atomic E-state index is 12.3. The average Bonchev–Trinajstić information content (AvgIpc) is 3.04. The summed E-state index contributed by atoms with van der Waals surface area (Å²) >= 11 is 0. The minimum atomic E-state index is -0.122. The molecule has 0 bridgehead atoms. The maximum Gasteiger partial charge on any atom is 0.250 e. The van der Waals surface area contributed by atoms with Gasteiger partial charge >= 0.3 is 0 Å². The van der Waals surface area contributed by atoms with Gasteiger partial charge in [0, 0.05) is 6.04 Å². The van der Waals surface area contributed by atoms with Gasteiger partial charge in [-0.05, 0) is 24.5 Å². The molecule has 2 N–H and O–H groups in total. The third kappa shape index (κ3) is 3.44. The van der Waals surface area contributed by atoms with Crippen molar-refractivity contribution in [2.45, 2.75) is 31.8 Å². The Kier molecular flexibility index (Phi) is 4.39. The number of hydrogen-bond donors (Lipinski definition) is 2. The molecule has 2 heterocycles. The summed E-state index contributed by atoms with van der Waals surface area (Å²) in [4.78, 5) is 16.8. The number of carbonyl (C=O) groups is 1. The molecular weight excluding hydrogens is 326 g/mol. The van der Waals surface area contributed by atoms with Crippen LogP contribution in [-0.4, -0.2) is 26.7 Å². The first-order valence-corrected chi connectivity index (χ1v) is 8.81. The van der Waals surface area contributed by atoms with E-state index in [0.29, 0.717) is 18.3 Å². The van der Waals surface area contributed by atoms with Crippen molar-refractivity contribution < 1.29 is 4.79 Å². The fourth-order valence-electron chi connectivity index (χ4n) is 3.31. The van der Waals surface area contributed by atoms with Gasteiger partial charge in [0.2, 0.25) is 11.9 Å². The number of carbonyl (C=O) groups excluding carboxylic acids is 1. The van der Waals surface area contributed by atoms with E-state index in [1.165, 1.54) is 5.56 Å². The standard InChI is InChI=1S/C20H21N5O/c1-14-12-17(16-10-6-3-7-11-16)25-20(21-14)23-19(24-25)22-18(26)13-15-8-4-2-5-9-15/h2-11,14,17H,12-13H2,1H3,(H2,21,22,23,24,26)/t14-,17+/m1/s1. The molecule has 1 aliphatic heterocycles. The quantitative estimate of drug-likeness (QED) is 0.760. The summed E-state index contributed by atoms with van der Waals surface area (Å²) in [6.07, 6.45) is 1.22.